The van der Waals surface area contributed by atoms with Crippen molar-refractivity contribution in [3.05, 3.63) is 0 Å². The summed E-state index contributed by atoms with van der Waals surface area (Å²) < 4.78 is 0. The molecule has 0 radical (unpaired) electrons. The molecule has 1 aliphatic rings. The molecule has 0 bridgehead atoms. The van der Waals surface area contributed by atoms with Gasteiger partial charge in [0.25, 0.3) is 0 Å². The van der Waals surface area contributed by atoms with Gasteiger partial charge in [-0.25, -0.2) is 0 Å². The monoisotopic (exact) mass is 139 g/mol. The fraction of sp³-hybridized carbons (Fsp3) is 0.889. The van der Waals surface area contributed by atoms with E-state index in [1.165, 1.54) is 19.3 Å². The lowest BCUT2D eigenvalue weighted by atomic mass is 9.85. The first-order valence-corrected chi connectivity index (χ1v) is 4.18. The van der Waals surface area contributed by atoms with Gasteiger partial charge in [0.15, 0.2) is 0 Å². The maximum absolute atomic E-state index is 4.44. The number of hydrogen-bond donors (Lipinski definition) is 0. The van der Waals surface area contributed by atoms with E-state index in [1.807, 2.05) is 0 Å². The number of aliphatic imine (C=N–C) groups is 1. The lowest BCUT2D eigenvalue weighted by molar-refractivity contribution is 0.346. The smallest absolute Gasteiger partial charge is 0.0551 e. The summed E-state index contributed by atoms with van der Waals surface area (Å²) in [5.74, 6) is 0.882. The Morgan fingerprint density at radius 3 is 2.70 bits per heavy atom. The minimum absolute atomic E-state index is 0.221. The van der Waals surface area contributed by atoms with Gasteiger partial charge in [0.1, 0.15) is 0 Å². The minimum atomic E-state index is 0.221. The lowest BCUT2D eigenvalue weighted by Gasteiger charge is -2.28. The molecule has 1 heteroatoms. The second-order valence-electron chi connectivity index (χ2n) is 3.84. The highest BCUT2D eigenvalue weighted by molar-refractivity contribution is 5.59. The maximum atomic E-state index is 4.44. The van der Waals surface area contributed by atoms with E-state index in [0.717, 1.165) is 5.92 Å². The van der Waals surface area contributed by atoms with E-state index >= 15 is 0 Å². The fourth-order valence-corrected chi connectivity index (χ4v) is 1.60. The number of hydrogen-bond acceptors (Lipinski definition) is 1. The topological polar surface area (TPSA) is 12.4 Å². The summed E-state index contributed by atoms with van der Waals surface area (Å²) in [6.07, 6.45) is 5.85. The highest BCUT2D eigenvalue weighted by atomic mass is 14.8. The quantitative estimate of drug-likeness (QED) is 0.529. The highest BCUT2D eigenvalue weighted by Gasteiger charge is 2.23. The molecule has 0 aromatic rings. The summed E-state index contributed by atoms with van der Waals surface area (Å²) >= 11 is 0. The molecule has 0 saturated carbocycles. The summed E-state index contributed by atoms with van der Waals surface area (Å²) in [7, 11) is 0. The predicted octanol–water partition coefficient (Wildman–Crippen LogP) is 2.66. The fourth-order valence-electron chi connectivity index (χ4n) is 1.60. The van der Waals surface area contributed by atoms with Crippen molar-refractivity contribution in [1.29, 1.82) is 0 Å². The van der Waals surface area contributed by atoms with E-state index < -0.39 is 0 Å². The molecule has 10 heavy (non-hydrogen) atoms. The SMILES string of the molecule is CCC1CC=NC(C)(C)C1. The van der Waals surface area contributed by atoms with Crippen LogP contribution in [0.4, 0.5) is 0 Å². The first kappa shape index (κ1) is 7.77. The van der Waals surface area contributed by atoms with Gasteiger partial charge in [-0.15, -0.1) is 0 Å². The molecule has 0 saturated heterocycles. The third-order valence-electron chi connectivity index (χ3n) is 2.25. The molecule has 1 nitrogen and oxygen atoms in total. The van der Waals surface area contributed by atoms with Gasteiger partial charge < -0.3 is 0 Å². The van der Waals surface area contributed by atoms with Gasteiger partial charge in [-0.3, -0.25) is 4.99 Å². The Morgan fingerprint density at radius 2 is 2.30 bits per heavy atom. The van der Waals surface area contributed by atoms with E-state index in [9.17, 15) is 0 Å². The van der Waals surface area contributed by atoms with E-state index in [0.29, 0.717) is 0 Å². The summed E-state index contributed by atoms with van der Waals surface area (Å²) in [5.41, 5.74) is 0.221. The van der Waals surface area contributed by atoms with Crippen LogP contribution in [0.3, 0.4) is 0 Å². The lowest BCUT2D eigenvalue weighted by Crippen LogP contribution is -2.25. The van der Waals surface area contributed by atoms with Gasteiger partial charge in [-0.2, -0.15) is 0 Å². The Balaban J connectivity index is 2.54. The van der Waals surface area contributed by atoms with Crippen LogP contribution in [0.25, 0.3) is 0 Å². The van der Waals surface area contributed by atoms with Crippen molar-refractivity contribution in [2.75, 3.05) is 0 Å². The van der Waals surface area contributed by atoms with Gasteiger partial charge >= 0.3 is 0 Å². The molecule has 1 heterocycles. The second kappa shape index (κ2) is 2.73. The maximum Gasteiger partial charge on any atom is 0.0551 e. The molecule has 0 amide bonds. The molecule has 0 spiro atoms. The molecule has 0 aromatic carbocycles. The van der Waals surface area contributed by atoms with Crippen molar-refractivity contribution >= 4 is 6.21 Å². The highest BCUT2D eigenvalue weighted by Crippen LogP contribution is 2.27. The third kappa shape index (κ3) is 1.83. The standard InChI is InChI=1S/C9H17N/c1-4-8-5-6-10-9(2,3)7-8/h6,8H,4-5,7H2,1-3H3. The summed E-state index contributed by atoms with van der Waals surface area (Å²) in [6.45, 7) is 6.69. The summed E-state index contributed by atoms with van der Waals surface area (Å²) in [4.78, 5) is 4.44. The molecule has 0 aliphatic carbocycles. The molecule has 1 aliphatic heterocycles. The zero-order valence-corrected chi connectivity index (χ0v) is 7.22. The Labute approximate surface area is 63.5 Å². The average molecular weight is 139 g/mol. The average Bonchev–Trinajstić information content (AvgIpc) is 1.86. The molecule has 1 atom stereocenters. The molecule has 1 rings (SSSR count). The van der Waals surface area contributed by atoms with Crippen LogP contribution in [-0.4, -0.2) is 11.8 Å². The molecular weight excluding hydrogens is 122 g/mol. The van der Waals surface area contributed by atoms with Crippen molar-refractivity contribution in [2.24, 2.45) is 10.9 Å². The Kier molecular flexibility index (Phi) is 2.12. The molecule has 0 aromatic heterocycles. The van der Waals surface area contributed by atoms with Crippen LogP contribution in [0.1, 0.15) is 40.0 Å². The molecule has 0 fully saturated rings. The molecule has 0 N–H and O–H groups in total. The van der Waals surface area contributed by atoms with Crippen molar-refractivity contribution in [3.63, 3.8) is 0 Å². The van der Waals surface area contributed by atoms with Crippen LogP contribution in [0.2, 0.25) is 0 Å². The van der Waals surface area contributed by atoms with Gasteiger partial charge in [-0.1, -0.05) is 13.3 Å². The first-order chi connectivity index (χ1) is 4.64. The zero-order valence-electron chi connectivity index (χ0n) is 7.22. The van der Waals surface area contributed by atoms with Crippen LogP contribution >= 0.6 is 0 Å². The third-order valence-corrected chi connectivity index (χ3v) is 2.25. The van der Waals surface area contributed by atoms with Crippen LogP contribution in [-0.2, 0) is 0 Å². The van der Waals surface area contributed by atoms with E-state index in [1.54, 1.807) is 0 Å². The summed E-state index contributed by atoms with van der Waals surface area (Å²) in [6, 6.07) is 0. The van der Waals surface area contributed by atoms with Gasteiger partial charge in [0, 0.05) is 0 Å². The zero-order chi connectivity index (χ0) is 7.61. The van der Waals surface area contributed by atoms with E-state index in [-0.39, 0.29) is 5.54 Å². The summed E-state index contributed by atoms with van der Waals surface area (Å²) in [5, 5.41) is 0. The van der Waals surface area contributed by atoms with Crippen molar-refractivity contribution in [3.8, 4) is 0 Å². The van der Waals surface area contributed by atoms with E-state index in [2.05, 4.69) is 32.0 Å². The minimum Gasteiger partial charge on any atom is -0.291 e. The van der Waals surface area contributed by atoms with E-state index in [4.69, 9.17) is 0 Å². The van der Waals surface area contributed by atoms with Gasteiger partial charge in [0.2, 0.25) is 0 Å². The Morgan fingerprint density at radius 1 is 1.60 bits per heavy atom. The van der Waals surface area contributed by atoms with Crippen molar-refractivity contribution in [1.82, 2.24) is 0 Å². The second-order valence-corrected chi connectivity index (χ2v) is 3.84. The Hall–Kier alpha value is -0.330. The van der Waals surface area contributed by atoms with Gasteiger partial charge in [-0.05, 0) is 38.8 Å². The van der Waals surface area contributed by atoms with Crippen LogP contribution < -0.4 is 0 Å². The Bertz CT molecular complexity index is 136. The normalized spacial score (nSPS) is 30.5. The molecular formula is C9H17N. The van der Waals surface area contributed by atoms with Crippen molar-refractivity contribution in [2.45, 2.75) is 45.6 Å². The first-order valence-electron chi connectivity index (χ1n) is 4.18. The van der Waals surface area contributed by atoms with Crippen LogP contribution in [0, 0.1) is 5.92 Å². The molecule has 1 unspecified atom stereocenters. The number of rotatable bonds is 1. The predicted molar refractivity (Wildman–Crippen MR) is 45.6 cm³/mol. The largest absolute Gasteiger partial charge is 0.291 e. The van der Waals surface area contributed by atoms with Crippen LogP contribution in [0.15, 0.2) is 4.99 Å². The van der Waals surface area contributed by atoms with Gasteiger partial charge in [0.05, 0.1) is 5.54 Å². The molecule has 58 valence electrons. The number of nitrogens with zero attached hydrogens (tertiary/aromatic N) is 1. The van der Waals surface area contributed by atoms with Crippen LogP contribution in [0.5, 0.6) is 0 Å². The van der Waals surface area contributed by atoms with Crippen molar-refractivity contribution < 1.29 is 0 Å².